The number of hydrogen-bond donors (Lipinski definition) is 2. The lowest BCUT2D eigenvalue weighted by atomic mass is 9.95. The Morgan fingerprint density at radius 3 is 2.85 bits per heavy atom. The number of nitrogens with one attached hydrogen (secondary N) is 1. The first-order chi connectivity index (χ1) is 9.58. The van der Waals surface area contributed by atoms with Gasteiger partial charge in [0.25, 0.3) is 0 Å². The number of carbonyl (C=O) groups is 2. The van der Waals surface area contributed by atoms with Gasteiger partial charge in [0.2, 0.25) is 11.8 Å². The van der Waals surface area contributed by atoms with Gasteiger partial charge in [0.15, 0.2) is 0 Å². The van der Waals surface area contributed by atoms with Gasteiger partial charge < -0.3 is 16.0 Å². The van der Waals surface area contributed by atoms with E-state index in [1.807, 2.05) is 4.90 Å². The largest absolute Gasteiger partial charge is 0.355 e. The molecule has 2 unspecified atom stereocenters. The van der Waals surface area contributed by atoms with Crippen molar-refractivity contribution in [1.82, 2.24) is 10.2 Å². The second kappa shape index (κ2) is 8.95. The summed E-state index contributed by atoms with van der Waals surface area (Å²) in [6.45, 7) is 6.58. The average Bonchev–Trinajstić information content (AvgIpc) is 2.45. The molecule has 1 rings (SSSR count). The first kappa shape index (κ1) is 17.0. The van der Waals surface area contributed by atoms with Crippen molar-refractivity contribution in [3.8, 4) is 0 Å². The highest BCUT2D eigenvalue weighted by molar-refractivity contribution is 5.81. The number of hydrogen-bond acceptors (Lipinski definition) is 3. The SMILES string of the molecule is CCCC(C)CC(=O)N1CCCC(C(=O)NCCN)C1. The molecule has 1 aliphatic heterocycles. The van der Waals surface area contributed by atoms with Crippen LogP contribution in [0.3, 0.4) is 0 Å². The second-order valence-electron chi connectivity index (χ2n) is 5.86. The van der Waals surface area contributed by atoms with Crippen LogP contribution < -0.4 is 11.1 Å². The molecule has 5 nitrogen and oxygen atoms in total. The Morgan fingerprint density at radius 1 is 1.45 bits per heavy atom. The molecule has 0 aromatic carbocycles. The van der Waals surface area contributed by atoms with E-state index in [4.69, 9.17) is 5.73 Å². The number of carbonyl (C=O) groups excluding carboxylic acids is 2. The van der Waals surface area contributed by atoms with Crippen LogP contribution >= 0.6 is 0 Å². The minimum Gasteiger partial charge on any atom is -0.355 e. The van der Waals surface area contributed by atoms with Crippen LogP contribution in [0.5, 0.6) is 0 Å². The average molecular weight is 283 g/mol. The van der Waals surface area contributed by atoms with E-state index in [1.54, 1.807) is 0 Å². The summed E-state index contributed by atoms with van der Waals surface area (Å²) in [5.41, 5.74) is 5.39. The highest BCUT2D eigenvalue weighted by atomic mass is 16.2. The lowest BCUT2D eigenvalue weighted by Gasteiger charge is -2.32. The zero-order valence-corrected chi connectivity index (χ0v) is 12.9. The molecule has 20 heavy (non-hydrogen) atoms. The van der Waals surface area contributed by atoms with Crippen molar-refractivity contribution in [2.24, 2.45) is 17.6 Å². The summed E-state index contributed by atoms with van der Waals surface area (Å²) in [4.78, 5) is 26.0. The van der Waals surface area contributed by atoms with E-state index in [9.17, 15) is 9.59 Å². The maximum Gasteiger partial charge on any atom is 0.224 e. The predicted octanol–water partition coefficient (Wildman–Crippen LogP) is 1.13. The topological polar surface area (TPSA) is 75.4 Å². The van der Waals surface area contributed by atoms with E-state index in [0.29, 0.717) is 32.0 Å². The van der Waals surface area contributed by atoms with Crippen molar-refractivity contribution >= 4 is 11.8 Å². The Hall–Kier alpha value is -1.10. The summed E-state index contributed by atoms with van der Waals surface area (Å²) in [6, 6.07) is 0. The maximum absolute atomic E-state index is 12.2. The van der Waals surface area contributed by atoms with E-state index < -0.39 is 0 Å². The van der Waals surface area contributed by atoms with E-state index in [2.05, 4.69) is 19.2 Å². The van der Waals surface area contributed by atoms with Crippen LogP contribution in [0, 0.1) is 11.8 Å². The molecular weight excluding hydrogens is 254 g/mol. The first-order valence-corrected chi connectivity index (χ1v) is 7.84. The lowest BCUT2D eigenvalue weighted by molar-refractivity contribution is -0.136. The fourth-order valence-corrected chi connectivity index (χ4v) is 2.78. The predicted molar refractivity (Wildman–Crippen MR) is 80.1 cm³/mol. The van der Waals surface area contributed by atoms with Crippen molar-refractivity contribution in [2.45, 2.75) is 46.0 Å². The number of likely N-dealkylation sites (tertiary alicyclic amines) is 1. The van der Waals surface area contributed by atoms with Crippen LogP contribution in [0.15, 0.2) is 0 Å². The van der Waals surface area contributed by atoms with Crippen molar-refractivity contribution in [2.75, 3.05) is 26.2 Å². The van der Waals surface area contributed by atoms with E-state index in [0.717, 1.165) is 32.2 Å². The molecule has 0 saturated carbocycles. The number of nitrogens with zero attached hydrogens (tertiary/aromatic N) is 1. The zero-order valence-electron chi connectivity index (χ0n) is 12.9. The minimum absolute atomic E-state index is 0.0366. The second-order valence-corrected chi connectivity index (χ2v) is 5.86. The summed E-state index contributed by atoms with van der Waals surface area (Å²) in [7, 11) is 0. The van der Waals surface area contributed by atoms with Crippen molar-refractivity contribution < 1.29 is 9.59 Å². The zero-order chi connectivity index (χ0) is 15.0. The number of amides is 2. The molecule has 1 aliphatic rings. The maximum atomic E-state index is 12.2. The summed E-state index contributed by atoms with van der Waals surface area (Å²) < 4.78 is 0. The summed E-state index contributed by atoms with van der Waals surface area (Å²) in [6.07, 6.45) is 4.57. The molecule has 1 heterocycles. The van der Waals surface area contributed by atoms with Gasteiger partial charge in [-0.2, -0.15) is 0 Å². The van der Waals surface area contributed by atoms with Gasteiger partial charge in [-0.25, -0.2) is 0 Å². The molecule has 2 atom stereocenters. The Bertz CT molecular complexity index is 320. The third-order valence-electron chi connectivity index (χ3n) is 3.89. The fraction of sp³-hybridized carbons (Fsp3) is 0.867. The molecule has 0 spiro atoms. The van der Waals surface area contributed by atoms with Crippen LogP contribution in [-0.2, 0) is 9.59 Å². The number of nitrogens with two attached hydrogens (primary N) is 1. The van der Waals surface area contributed by atoms with Gasteiger partial charge in [0.05, 0.1) is 5.92 Å². The van der Waals surface area contributed by atoms with Crippen LogP contribution in [0.4, 0.5) is 0 Å². The van der Waals surface area contributed by atoms with Crippen molar-refractivity contribution in [3.05, 3.63) is 0 Å². The number of rotatable bonds is 7. The normalized spacial score (nSPS) is 20.6. The third kappa shape index (κ3) is 5.49. The monoisotopic (exact) mass is 283 g/mol. The van der Waals surface area contributed by atoms with Gasteiger partial charge in [-0.1, -0.05) is 26.7 Å². The molecule has 116 valence electrons. The Morgan fingerprint density at radius 2 is 2.20 bits per heavy atom. The molecule has 2 amide bonds. The van der Waals surface area contributed by atoms with Crippen LogP contribution in [-0.4, -0.2) is 42.9 Å². The summed E-state index contributed by atoms with van der Waals surface area (Å²) >= 11 is 0. The molecule has 1 fully saturated rings. The molecule has 1 saturated heterocycles. The molecule has 5 heteroatoms. The molecule has 0 aliphatic carbocycles. The molecular formula is C15H29N3O2. The van der Waals surface area contributed by atoms with Gasteiger partial charge in [0.1, 0.15) is 0 Å². The van der Waals surface area contributed by atoms with Crippen LogP contribution in [0.1, 0.15) is 46.0 Å². The Labute approximate surface area is 122 Å². The number of piperidine rings is 1. The van der Waals surface area contributed by atoms with E-state index in [1.165, 1.54) is 0 Å². The fourth-order valence-electron chi connectivity index (χ4n) is 2.78. The van der Waals surface area contributed by atoms with Crippen molar-refractivity contribution in [3.63, 3.8) is 0 Å². The Balaban J connectivity index is 2.43. The van der Waals surface area contributed by atoms with E-state index in [-0.39, 0.29) is 17.7 Å². The molecule has 0 aromatic heterocycles. The first-order valence-electron chi connectivity index (χ1n) is 7.84. The smallest absolute Gasteiger partial charge is 0.224 e. The van der Waals surface area contributed by atoms with Gasteiger partial charge >= 0.3 is 0 Å². The lowest BCUT2D eigenvalue weighted by Crippen LogP contribution is -2.46. The van der Waals surface area contributed by atoms with Crippen LogP contribution in [0.2, 0.25) is 0 Å². The molecule has 0 radical (unpaired) electrons. The third-order valence-corrected chi connectivity index (χ3v) is 3.89. The van der Waals surface area contributed by atoms with Gasteiger partial charge in [-0.05, 0) is 18.8 Å². The van der Waals surface area contributed by atoms with E-state index >= 15 is 0 Å². The quantitative estimate of drug-likeness (QED) is 0.735. The standard InChI is InChI=1S/C15H29N3O2/c1-3-5-12(2)10-14(19)18-9-4-6-13(11-18)15(20)17-8-7-16/h12-13H,3-11,16H2,1-2H3,(H,17,20). The molecule has 0 bridgehead atoms. The Kier molecular flexibility index (Phi) is 7.59. The van der Waals surface area contributed by atoms with Gasteiger partial charge in [-0.3, -0.25) is 9.59 Å². The summed E-state index contributed by atoms with van der Waals surface area (Å²) in [5, 5.41) is 2.82. The molecule has 0 aromatic rings. The van der Waals surface area contributed by atoms with Crippen LogP contribution in [0.25, 0.3) is 0 Å². The highest BCUT2D eigenvalue weighted by Crippen LogP contribution is 2.19. The summed E-state index contributed by atoms with van der Waals surface area (Å²) in [5.74, 6) is 0.594. The highest BCUT2D eigenvalue weighted by Gasteiger charge is 2.28. The van der Waals surface area contributed by atoms with Crippen molar-refractivity contribution in [1.29, 1.82) is 0 Å². The van der Waals surface area contributed by atoms with Gasteiger partial charge in [0, 0.05) is 32.6 Å². The minimum atomic E-state index is -0.0688. The molecule has 3 N–H and O–H groups in total. The van der Waals surface area contributed by atoms with Gasteiger partial charge in [-0.15, -0.1) is 0 Å².